The van der Waals surface area contributed by atoms with Gasteiger partial charge in [0.05, 0.1) is 0 Å². The van der Waals surface area contributed by atoms with Gasteiger partial charge in [-0.25, -0.2) is 0 Å². The van der Waals surface area contributed by atoms with Crippen LogP contribution in [0.1, 0.15) is 39.5 Å². The summed E-state index contributed by atoms with van der Waals surface area (Å²) in [5, 5.41) is 4.15. The van der Waals surface area contributed by atoms with Gasteiger partial charge in [0.15, 0.2) is 5.11 Å². The molecule has 0 aliphatic rings. The van der Waals surface area contributed by atoms with Crippen LogP contribution in [-0.2, 0) is 0 Å². The van der Waals surface area contributed by atoms with Crippen molar-refractivity contribution in [3.63, 3.8) is 0 Å². The number of nitrogens with zero attached hydrogens (tertiary/aromatic N) is 1. The fourth-order valence-corrected chi connectivity index (χ4v) is 1.42. The Morgan fingerprint density at radius 1 is 1.36 bits per heavy atom. The van der Waals surface area contributed by atoms with Gasteiger partial charge in [0.25, 0.3) is 0 Å². The Morgan fingerprint density at radius 3 is 2.43 bits per heavy atom. The molecule has 0 saturated carbocycles. The van der Waals surface area contributed by atoms with Gasteiger partial charge in [-0.1, -0.05) is 33.1 Å². The Hall–Kier alpha value is -0.310. The zero-order valence-electron chi connectivity index (χ0n) is 9.97. The van der Waals surface area contributed by atoms with Crippen LogP contribution in [-0.4, -0.2) is 30.7 Å². The Kier molecular flexibility index (Phi) is 7.86. The lowest BCUT2D eigenvalue weighted by Gasteiger charge is -2.20. The molecule has 0 fully saturated rings. The smallest absolute Gasteiger partial charge is 0.168 e. The Balaban J connectivity index is 3.66. The molecular formula is C11H24N2S. The largest absolute Gasteiger partial charge is 0.362 e. The quantitative estimate of drug-likeness (QED) is 0.687. The molecule has 1 N–H and O–H groups in total. The number of hydrogen-bond acceptors (Lipinski definition) is 1. The Morgan fingerprint density at radius 2 is 2.00 bits per heavy atom. The van der Waals surface area contributed by atoms with Gasteiger partial charge in [0, 0.05) is 20.6 Å². The van der Waals surface area contributed by atoms with Gasteiger partial charge in [-0.15, -0.1) is 0 Å². The van der Waals surface area contributed by atoms with Crippen LogP contribution in [0, 0.1) is 5.92 Å². The van der Waals surface area contributed by atoms with E-state index in [9.17, 15) is 0 Å². The van der Waals surface area contributed by atoms with E-state index >= 15 is 0 Å². The highest BCUT2D eigenvalue weighted by Crippen LogP contribution is 2.11. The van der Waals surface area contributed by atoms with E-state index in [0.717, 1.165) is 17.6 Å². The zero-order valence-corrected chi connectivity index (χ0v) is 10.8. The third-order valence-electron chi connectivity index (χ3n) is 2.49. The second kappa shape index (κ2) is 8.04. The first kappa shape index (κ1) is 13.7. The molecule has 0 rings (SSSR count). The number of hydrogen-bond donors (Lipinski definition) is 1. The van der Waals surface area contributed by atoms with E-state index in [-0.39, 0.29) is 0 Å². The van der Waals surface area contributed by atoms with E-state index in [4.69, 9.17) is 12.2 Å². The average molecular weight is 216 g/mol. The van der Waals surface area contributed by atoms with Gasteiger partial charge in [0.2, 0.25) is 0 Å². The van der Waals surface area contributed by atoms with Gasteiger partial charge in [-0.3, -0.25) is 0 Å². The van der Waals surface area contributed by atoms with Crippen molar-refractivity contribution in [3.8, 4) is 0 Å². The van der Waals surface area contributed by atoms with Gasteiger partial charge in [0.1, 0.15) is 0 Å². The summed E-state index contributed by atoms with van der Waals surface area (Å²) in [6.07, 6.45) is 5.17. The Bertz CT molecular complexity index is 157. The lowest BCUT2D eigenvalue weighted by molar-refractivity contribution is 0.438. The van der Waals surface area contributed by atoms with Gasteiger partial charge in [-0.05, 0) is 24.6 Å². The van der Waals surface area contributed by atoms with Crippen molar-refractivity contribution in [2.24, 2.45) is 5.92 Å². The van der Waals surface area contributed by atoms with Crippen LogP contribution in [0.25, 0.3) is 0 Å². The molecule has 2 nitrogen and oxygen atoms in total. The SMILES string of the molecule is CCCCC(CC)CNC(=S)N(C)C. The predicted octanol–water partition coefficient (Wildman–Crippen LogP) is 2.64. The van der Waals surface area contributed by atoms with E-state index in [0.29, 0.717) is 0 Å². The molecule has 14 heavy (non-hydrogen) atoms. The van der Waals surface area contributed by atoms with Crippen LogP contribution in [0.3, 0.4) is 0 Å². The summed E-state index contributed by atoms with van der Waals surface area (Å²) in [7, 11) is 3.95. The monoisotopic (exact) mass is 216 g/mol. The molecule has 0 aliphatic heterocycles. The maximum Gasteiger partial charge on any atom is 0.168 e. The average Bonchev–Trinajstić information content (AvgIpc) is 2.17. The summed E-state index contributed by atoms with van der Waals surface area (Å²) in [5.41, 5.74) is 0. The van der Waals surface area contributed by atoms with Gasteiger partial charge < -0.3 is 10.2 Å². The van der Waals surface area contributed by atoms with Crippen LogP contribution >= 0.6 is 12.2 Å². The first-order valence-corrected chi connectivity index (χ1v) is 5.97. The molecule has 3 heteroatoms. The summed E-state index contributed by atoms with van der Waals surface area (Å²) in [6, 6.07) is 0. The predicted molar refractivity (Wildman–Crippen MR) is 67.6 cm³/mol. The molecule has 1 atom stereocenters. The fraction of sp³-hybridized carbons (Fsp3) is 0.909. The molecule has 0 amide bonds. The zero-order chi connectivity index (χ0) is 11.0. The van der Waals surface area contributed by atoms with E-state index in [1.54, 1.807) is 0 Å². The molecule has 0 aromatic heterocycles. The van der Waals surface area contributed by atoms with Crippen LogP contribution < -0.4 is 5.32 Å². The van der Waals surface area contributed by atoms with E-state index in [1.165, 1.54) is 25.7 Å². The van der Waals surface area contributed by atoms with Crippen LogP contribution in [0.5, 0.6) is 0 Å². The van der Waals surface area contributed by atoms with Crippen LogP contribution in [0.4, 0.5) is 0 Å². The van der Waals surface area contributed by atoms with E-state index in [1.807, 2.05) is 19.0 Å². The fourth-order valence-electron chi connectivity index (χ4n) is 1.33. The molecule has 0 aromatic carbocycles. The number of nitrogens with one attached hydrogen (secondary N) is 1. The summed E-state index contributed by atoms with van der Waals surface area (Å²) < 4.78 is 0. The van der Waals surface area contributed by atoms with Crippen molar-refractivity contribution >= 4 is 17.3 Å². The Labute approximate surface area is 94.1 Å². The maximum atomic E-state index is 5.17. The highest BCUT2D eigenvalue weighted by Gasteiger charge is 2.06. The molecule has 0 aromatic rings. The molecule has 0 bridgehead atoms. The molecule has 0 saturated heterocycles. The molecule has 1 unspecified atom stereocenters. The van der Waals surface area contributed by atoms with Gasteiger partial charge in [-0.2, -0.15) is 0 Å². The van der Waals surface area contributed by atoms with Crippen molar-refractivity contribution in [1.29, 1.82) is 0 Å². The molecule has 0 spiro atoms. The minimum absolute atomic E-state index is 0.771. The van der Waals surface area contributed by atoms with Gasteiger partial charge >= 0.3 is 0 Å². The highest BCUT2D eigenvalue weighted by molar-refractivity contribution is 7.80. The standard InChI is InChI=1S/C11H24N2S/c1-5-7-8-10(6-2)9-12-11(14)13(3)4/h10H,5-9H2,1-4H3,(H,12,14). The lowest BCUT2D eigenvalue weighted by atomic mass is 9.99. The molecule has 0 radical (unpaired) electrons. The van der Waals surface area contributed by atoms with Crippen molar-refractivity contribution in [2.75, 3.05) is 20.6 Å². The van der Waals surface area contributed by atoms with Crippen molar-refractivity contribution in [2.45, 2.75) is 39.5 Å². The summed E-state index contributed by atoms with van der Waals surface area (Å²) >= 11 is 5.17. The molecule has 84 valence electrons. The third kappa shape index (κ3) is 6.19. The van der Waals surface area contributed by atoms with Crippen molar-refractivity contribution in [3.05, 3.63) is 0 Å². The molecular weight excluding hydrogens is 192 g/mol. The number of rotatable bonds is 6. The van der Waals surface area contributed by atoms with Crippen LogP contribution in [0.15, 0.2) is 0 Å². The third-order valence-corrected chi connectivity index (χ3v) is 3.00. The summed E-state index contributed by atoms with van der Waals surface area (Å²) in [4.78, 5) is 1.95. The van der Waals surface area contributed by atoms with E-state index in [2.05, 4.69) is 19.2 Å². The topological polar surface area (TPSA) is 15.3 Å². The maximum absolute atomic E-state index is 5.17. The normalized spacial score (nSPS) is 12.3. The first-order chi connectivity index (χ1) is 6.61. The first-order valence-electron chi connectivity index (χ1n) is 5.56. The minimum Gasteiger partial charge on any atom is -0.362 e. The number of thiocarbonyl (C=S) groups is 1. The highest BCUT2D eigenvalue weighted by atomic mass is 32.1. The lowest BCUT2D eigenvalue weighted by Crippen LogP contribution is -2.37. The van der Waals surface area contributed by atoms with Crippen molar-refractivity contribution in [1.82, 2.24) is 10.2 Å². The minimum atomic E-state index is 0.771. The molecule has 0 heterocycles. The van der Waals surface area contributed by atoms with E-state index < -0.39 is 0 Å². The second-order valence-corrected chi connectivity index (χ2v) is 4.38. The van der Waals surface area contributed by atoms with Crippen LogP contribution in [0.2, 0.25) is 0 Å². The number of unbranched alkanes of at least 4 members (excludes halogenated alkanes) is 1. The second-order valence-electron chi connectivity index (χ2n) is 4.00. The summed E-state index contributed by atoms with van der Waals surface area (Å²) in [6.45, 7) is 5.51. The molecule has 0 aliphatic carbocycles. The summed E-state index contributed by atoms with van der Waals surface area (Å²) in [5.74, 6) is 0.771. The van der Waals surface area contributed by atoms with Crippen molar-refractivity contribution < 1.29 is 0 Å².